The highest BCUT2D eigenvalue weighted by Crippen LogP contribution is 2.47. The number of likely N-dealkylation sites (tertiary alicyclic amines) is 2. The highest BCUT2D eigenvalue weighted by Gasteiger charge is 2.47. The Bertz CT molecular complexity index is 1180. The van der Waals surface area contributed by atoms with Crippen LogP contribution in [0.15, 0.2) is 54.6 Å². The van der Waals surface area contributed by atoms with Crippen molar-refractivity contribution in [2.45, 2.75) is 57.9 Å². The van der Waals surface area contributed by atoms with E-state index in [2.05, 4.69) is 78.2 Å². The lowest BCUT2D eigenvalue weighted by Crippen LogP contribution is -2.51. The molecule has 3 saturated heterocycles. The number of benzene rings is 3. The Hall–Kier alpha value is -2.47. The lowest BCUT2D eigenvalue weighted by molar-refractivity contribution is -0.137. The van der Waals surface area contributed by atoms with E-state index in [-0.39, 0.29) is 18.2 Å². The number of hydrogen-bond donors (Lipinski definition) is 0. The zero-order chi connectivity index (χ0) is 24.6. The molecule has 0 radical (unpaired) electrons. The Morgan fingerprint density at radius 3 is 2.17 bits per heavy atom. The Morgan fingerprint density at radius 1 is 0.889 bits per heavy atom. The Balaban J connectivity index is 1.12. The smallest absolute Gasteiger partial charge is 0.226 e. The van der Waals surface area contributed by atoms with Gasteiger partial charge < -0.3 is 9.64 Å². The van der Waals surface area contributed by atoms with Crippen molar-refractivity contribution in [1.29, 1.82) is 0 Å². The molecule has 5 heteroatoms. The number of rotatable bonds is 6. The van der Waals surface area contributed by atoms with E-state index in [1.54, 1.807) is 0 Å². The summed E-state index contributed by atoms with van der Waals surface area (Å²) in [7, 11) is 0. The van der Waals surface area contributed by atoms with Crippen LogP contribution in [0.5, 0.6) is 0 Å². The van der Waals surface area contributed by atoms with Gasteiger partial charge in [-0.15, -0.1) is 0 Å². The van der Waals surface area contributed by atoms with Crippen molar-refractivity contribution in [1.82, 2.24) is 14.7 Å². The monoisotopic (exact) mass is 485 g/mol. The molecule has 5 nitrogen and oxygen atoms in total. The van der Waals surface area contributed by atoms with Crippen LogP contribution in [0.25, 0.3) is 21.5 Å². The molecular formula is C31H39N3O2. The predicted octanol–water partition coefficient (Wildman–Crippen LogP) is 5.44. The van der Waals surface area contributed by atoms with Gasteiger partial charge in [-0.1, -0.05) is 48.5 Å². The molecule has 3 heterocycles. The number of carbonyl (C=O) groups is 1. The van der Waals surface area contributed by atoms with Gasteiger partial charge in [0.2, 0.25) is 5.91 Å². The van der Waals surface area contributed by atoms with E-state index < -0.39 is 0 Å². The first-order valence-electron chi connectivity index (χ1n) is 14.0. The Morgan fingerprint density at radius 2 is 1.53 bits per heavy atom. The summed E-state index contributed by atoms with van der Waals surface area (Å²) in [5.74, 6) is 0.533. The standard InChI is InChI=1S/C31H39N3O2/c1-3-32(4-2)30(35)24-12-9-17-34(21-24)25-15-18-33(19-16-25)31-29(36-31)28-26-13-7-5-10-22(26)20-23-11-6-8-14-27(23)28/h5-8,10-11,13-14,20,24-25,29,31H,3-4,9,12,15-19,21H2,1-2H3/t24-,29?,31?/m1/s1. The van der Waals surface area contributed by atoms with Crippen LogP contribution in [-0.2, 0) is 9.53 Å². The molecule has 0 aliphatic carbocycles. The summed E-state index contributed by atoms with van der Waals surface area (Å²) in [4.78, 5) is 20.2. The molecule has 3 aliphatic heterocycles. The molecule has 6 rings (SSSR count). The summed E-state index contributed by atoms with van der Waals surface area (Å²) in [6, 6.07) is 20.3. The number of nitrogens with zero attached hydrogens (tertiary/aromatic N) is 3. The fourth-order valence-corrected chi connectivity index (χ4v) is 6.79. The second kappa shape index (κ2) is 10.1. The molecule has 3 fully saturated rings. The fraction of sp³-hybridized carbons (Fsp3) is 0.516. The van der Waals surface area contributed by atoms with Gasteiger partial charge in [0, 0.05) is 44.3 Å². The third-order valence-corrected chi connectivity index (χ3v) is 8.82. The summed E-state index contributed by atoms with van der Waals surface area (Å²) < 4.78 is 6.40. The zero-order valence-corrected chi connectivity index (χ0v) is 21.7. The van der Waals surface area contributed by atoms with Crippen molar-refractivity contribution in [3.8, 4) is 0 Å². The highest BCUT2D eigenvalue weighted by atomic mass is 16.6. The summed E-state index contributed by atoms with van der Waals surface area (Å²) in [5.41, 5.74) is 1.35. The number of ether oxygens (including phenoxy) is 1. The molecule has 0 saturated carbocycles. The minimum absolute atomic E-state index is 0.142. The predicted molar refractivity (Wildman–Crippen MR) is 146 cm³/mol. The molecule has 3 aromatic carbocycles. The number of amides is 1. The van der Waals surface area contributed by atoms with Gasteiger partial charge in [0.25, 0.3) is 0 Å². The molecule has 3 aromatic rings. The number of fused-ring (bicyclic) bond motifs is 2. The average molecular weight is 486 g/mol. The summed E-state index contributed by atoms with van der Waals surface area (Å²) in [6.45, 7) is 10.0. The maximum atomic E-state index is 13.0. The van der Waals surface area contributed by atoms with Gasteiger partial charge in [0.15, 0.2) is 0 Å². The third kappa shape index (κ3) is 4.42. The van der Waals surface area contributed by atoms with Crippen LogP contribution in [0, 0.1) is 5.92 Å². The highest BCUT2D eigenvalue weighted by molar-refractivity contribution is 6.02. The van der Waals surface area contributed by atoms with Crippen molar-refractivity contribution in [2.75, 3.05) is 39.3 Å². The van der Waals surface area contributed by atoms with E-state index in [9.17, 15) is 4.79 Å². The van der Waals surface area contributed by atoms with Crippen molar-refractivity contribution in [3.63, 3.8) is 0 Å². The van der Waals surface area contributed by atoms with Gasteiger partial charge >= 0.3 is 0 Å². The second-order valence-corrected chi connectivity index (χ2v) is 10.8. The lowest BCUT2D eigenvalue weighted by Gasteiger charge is -2.42. The minimum Gasteiger partial charge on any atom is -0.348 e. The summed E-state index contributed by atoms with van der Waals surface area (Å²) in [6.07, 6.45) is 4.83. The molecule has 3 atom stereocenters. The second-order valence-electron chi connectivity index (χ2n) is 10.8. The Labute approximate surface area is 215 Å². The van der Waals surface area contributed by atoms with Crippen LogP contribution in [-0.4, -0.2) is 72.1 Å². The minimum atomic E-state index is 0.142. The molecule has 0 N–H and O–H groups in total. The van der Waals surface area contributed by atoms with Crippen LogP contribution in [0.4, 0.5) is 0 Å². The van der Waals surface area contributed by atoms with Crippen LogP contribution < -0.4 is 0 Å². The first kappa shape index (κ1) is 23.9. The van der Waals surface area contributed by atoms with Crippen LogP contribution >= 0.6 is 0 Å². The van der Waals surface area contributed by atoms with E-state index in [1.807, 2.05) is 4.90 Å². The lowest BCUT2D eigenvalue weighted by atomic mass is 9.92. The molecular weight excluding hydrogens is 446 g/mol. The quantitative estimate of drug-likeness (QED) is 0.345. The third-order valence-electron chi connectivity index (χ3n) is 8.82. The van der Waals surface area contributed by atoms with E-state index in [0.717, 1.165) is 65.0 Å². The summed E-state index contributed by atoms with van der Waals surface area (Å²) >= 11 is 0. The topological polar surface area (TPSA) is 39.3 Å². The summed E-state index contributed by atoms with van der Waals surface area (Å²) in [5, 5.41) is 5.21. The maximum absolute atomic E-state index is 13.0. The SMILES string of the molecule is CCN(CC)C(=O)[C@@H]1CCCN(C2CCN(C3OC3c3c4ccccc4cc4ccccc34)CC2)C1. The van der Waals surface area contributed by atoms with Crippen LogP contribution in [0.2, 0.25) is 0 Å². The molecule has 0 spiro atoms. The van der Waals surface area contributed by atoms with E-state index >= 15 is 0 Å². The largest absolute Gasteiger partial charge is 0.348 e. The van der Waals surface area contributed by atoms with Crippen LogP contribution in [0.3, 0.4) is 0 Å². The van der Waals surface area contributed by atoms with E-state index in [0.29, 0.717) is 11.9 Å². The van der Waals surface area contributed by atoms with Gasteiger partial charge in [-0.25, -0.2) is 0 Å². The van der Waals surface area contributed by atoms with E-state index in [1.165, 1.54) is 27.1 Å². The fourth-order valence-electron chi connectivity index (χ4n) is 6.79. The first-order chi connectivity index (χ1) is 17.7. The van der Waals surface area contributed by atoms with Gasteiger partial charge in [-0.05, 0) is 73.7 Å². The zero-order valence-electron chi connectivity index (χ0n) is 21.7. The molecule has 190 valence electrons. The molecule has 3 aliphatic rings. The molecule has 36 heavy (non-hydrogen) atoms. The van der Waals surface area contributed by atoms with E-state index in [4.69, 9.17) is 4.74 Å². The molecule has 2 unspecified atom stereocenters. The Kier molecular flexibility index (Phi) is 6.72. The van der Waals surface area contributed by atoms with Crippen molar-refractivity contribution in [3.05, 3.63) is 60.2 Å². The van der Waals surface area contributed by atoms with Crippen molar-refractivity contribution < 1.29 is 9.53 Å². The molecule has 0 aromatic heterocycles. The normalized spacial score (nSPS) is 25.9. The molecule has 0 bridgehead atoms. The number of hydrogen-bond acceptors (Lipinski definition) is 4. The molecule has 1 amide bonds. The van der Waals surface area contributed by atoms with Gasteiger partial charge in [-0.3, -0.25) is 14.6 Å². The van der Waals surface area contributed by atoms with Gasteiger partial charge in [-0.2, -0.15) is 0 Å². The van der Waals surface area contributed by atoms with Crippen molar-refractivity contribution >= 4 is 27.5 Å². The van der Waals surface area contributed by atoms with Gasteiger partial charge in [0.05, 0.1) is 5.92 Å². The average Bonchev–Trinajstić information content (AvgIpc) is 3.73. The number of epoxide rings is 1. The maximum Gasteiger partial charge on any atom is 0.226 e. The first-order valence-corrected chi connectivity index (χ1v) is 14.0. The van der Waals surface area contributed by atoms with Crippen LogP contribution in [0.1, 0.15) is 51.2 Å². The van der Waals surface area contributed by atoms with Crippen molar-refractivity contribution in [2.24, 2.45) is 5.92 Å². The van der Waals surface area contributed by atoms with Gasteiger partial charge in [0.1, 0.15) is 12.3 Å². The number of carbonyl (C=O) groups excluding carboxylic acids is 1. The number of piperidine rings is 2.